The number of nitrogens with zero attached hydrogens (tertiary/aromatic N) is 1. The molecule has 12 rings (SSSR count). The van der Waals surface area contributed by atoms with Crippen molar-refractivity contribution in [3.05, 3.63) is 260 Å². The number of hydrogen-bond acceptors (Lipinski definition) is 2. The fourth-order valence-corrected chi connectivity index (χ4v) is 9.75. The molecule has 0 N–H and O–H groups in total. The number of hydrogen-bond donors (Lipinski definition) is 0. The highest BCUT2D eigenvalue weighted by atomic mass is 16.3. The molecular formula is C65H45NO. The summed E-state index contributed by atoms with van der Waals surface area (Å²) in [6.45, 7) is 2.22. The first-order valence-corrected chi connectivity index (χ1v) is 23.0. The monoisotopic (exact) mass is 855 g/mol. The summed E-state index contributed by atoms with van der Waals surface area (Å²) in [5, 5.41) is 4.77. The maximum absolute atomic E-state index is 6.15. The Labute approximate surface area is 391 Å². The van der Waals surface area contributed by atoms with Crippen molar-refractivity contribution >= 4 is 49.8 Å². The first kappa shape index (κ1) is 39.8. The van der Waals surface area contributed by atoms with E-state index in [0.29, 0.717) is 0 Å². The van der Waals surface area contributed by atoms with Gasteiger partial charge in [0, 0.05) is 27.8 Å². The molecule has 0 atom stereocenters. The van der Waals surface area contributed by atoms with Gasteiger partial charge >= 0.3 is 0 Å². The van der Waals surface area contributed by atoms with Crippen LogP contribution < -0.4 is 4.90 Å². The zero-order valence-corrected chi connectivity index (χ0v) is 37.1. The SMILES string of the molecule is Cc1cc(-c2cccc(-c3ccc4ccccc4c3)c2)ccc1-c1ccc(N(c2ccc(-c3ccc4oc5ccccc5c4c3)cc2)c2ccc(-c3ccccc3-c3ccccc3)cc2)cc1. The largest absolute Gasteiger partial charge is 0.456 e. The van der Waals surface area contributed by atoms with Crippen LogP contribution in [0.3, 0.4) is 0 Å². The molecule has 0 amide bonds. The molecular weight excluding hydrogens is 811 g/mol. The molecule has 12 aromatic rings. The molecule has 1 aromatic heterocycles. The van der Waals surface area contributed by atoms with Crippen molar-refractivity contribution in [1.29, 1.82) is 0 Å². The predicted octanol–water partition coefficient (Wildman–Crippen LogP) is 18.5. The molecule has 0 aliphatic heterocycles. The second-order valence-corrected chi connectivity index (χ2v) is 17.4. The lowest BCUT2D eigenvalue weighted by molar-refractivity contribution is 0.669. The van der Waals surface area contributed by atoms with Crippen molar-refractivity contribution in [2.45, 2.75) is 6.92 Å². The summed E-state index contributed by atoms with van der Waals surface area (Å²) < 4.78 is 6.15. The Morgan fingerprint density at radius 1 is 0.269 bits per heavy atom. The summed E-state index contributed by atoms with van der Waals surface area (Å²) in [7, 11) is 0. The van der Waals surface area contributed by atoms with E-state index < -0.39 is 0 Å². The first-order valence-electron chi connectivity index (χ1n) is 23.0. The minimum atomic E-state index is 0.903. The summed E-state index contributed by atoms with van der Waals surface area (Å²) >= 11 is 0. The number of aryl methyl sites for hydroxylation is 1. The third-order valence-electron chi connectivity index (χ3n) is 13.2. The minimum Gasteiger partial charge on any atom is -0.456 e. The van der Waals surface area contributed by atoms with E-state index in [2.05, 4.69) is 254 Å². The normalized spacial score (nSPS) is 11.4. The lowest BCUT2D eigenvalue weighted by Gasteiger charge is -2.26. The van der Waals surface area contributed by atoms with Gasteiger partial charge in [-0.05, 0) is 157 Å². The molecule has 0 spiro atoms. The van der Waals surface area contributed by atoms with Gasteiger partial charge in [-0.15, -0.1) is 0 Å². The van der Waals surface area contributed by atoms with Crippen molar-refractivity contribution < 1.29 is 4.42 Å². The third kappa shape index (κ3) is 7.65. The zero-order chi connectivity index (χ0) is 44.7. The molecule has 0 aliphatic rings. The number of benzene rings is 11. The van der Waals surface area contributed by atoms with Gasteiger partial charge in [0.15, 0.2) is 0 Å². The zero-order valence-electron chi connectivity index (χ0n) is 37.1. The topological polar surface area (TPSA) is 16.4 Å². The van der Waals surface area contributed by atoms with Gasteiger partial charge in [0.05, 0.1) is 0 Å². The van der Waals surface area contributed by atoms with Crippen molar-refractivity contribution in [1.82, 2.24) is 0 Å². The van der Waals surface area contributed by atoms with E-state index in [1.54, 1.807) is 0 Å². The Morgan fingerprint density at radius 2 is 0.731 bits per heavy atom. The molecule has 0 aliphatic carbocycles. The molecule has 67 heavy (non-hydrogen) atoms. The highest BCUT2D eigenvalue weighted by Crippen LogP contribution is 2.41. The summed E-state index contributed by atoms with van der Waals surface area (Å²) in [4.78, 5) is 2.35. The van der Waals surface area contributed by atoms with Gasteiger partial charge in [-0.1, -0.05) is 188 Å². The smallest absolute Gasteiger partial charge is 0.135 e. The van der Waals surface area contributed by atoms with E-state index >= 15 is 0 Å². The van der Waals surface area contributed by atoms with Crippen LogP contribution in [0.1, 0.15) is 5.56 Å². The fraction of sp³-hybridized carbons (Fsp3) is 0.0154. The lowest BCUT2D eigenvalue weighted by Crippen LogP contribution is -2.09. The van der Waals surface area contributed by atoms with E-state index in [9.17, 15) is 0 Å². The Bertz CT molecular complexity index is 3730. The number of anilines is 3. The van der Waals surface area contributed by atoms with Gasteiger partial charge in [-0.2, -0.15) is 0 Å². The van der Waals surface area contributed by atoms with Crippen LogP contribution in [0.25, 0.3) is 99.5 Å². The molecule has 1 heterocycles. The average Bonchev–Trinajstić information content (AvgIpc) is 3.78. The lowest BCUT2D eigenvalue weighted by atomic mass is 9.93. The highest BCUT2D eigenvalue weighted by molar-refractivity contribution is 6.06. The van der Waals surface area contributed by atoms with Crippen LogP contribution >= 0.6 is 0 Å². The molecule has 0 unspecified atom stereocenters. The van der Waals surface area contributed by atoms with Crippen molar-refractivity contribution in [2.75, 3.05) is 4.90 Å². The van der Waals surface area contributed by atoms with Crippen LogP contribution in [0, 0.1) is 6.92 Å². The van der Waals surface area contributed by atoms with E-state index in [1.165, 1.54) is 72.0 Å². The van der Waals surface area contributed by atoms with E-state index in [-0.39, 0.29) is 0 Å². The van der Waals surface area contributed by atoms with E-state index in [4.69, 9.17) is 4.42 Å². The Kier molecular flexibility index (Phi) is 10.1. The van der Waals surface area contributed by atoms with Crippen LogP contribution in [0.4, 0.5) is 17.1 Å². The Morgan fingerprint density at radius 3 is 1.42 bits per heavy atom. The second kappa shape index (κ2) is 17.0. The number of furan rings is 1. The molecule has 316 valence electrons. The highest BCUT2D eigenvalue weighted by Gasteiger charge is 2.16. The van der Waals surface area contributed by atoms with Crippen LogP contribution in [-0.4, -0.2) is 0 Å². The summed E-state index contributed by atoms with van der Waals surface area (Å²) in [5.41, 5.74) is 20.7. The van der Waals surface area contributed by atoms with Gasteiger partial charge in [-0.3, -0.25) is 0 Å². The van der Waals surface area contributed by atoms with Crippen LogP contribution in [-0.2, 0) is 0 Å². The maximum Gasteiger partial charge on any atom is 0.135 e. The number of rotatable bonds is 9. The van der Waals surface area contributed by atoms with Crippen molar-refractivity contribution in [3.63, 3.8) is 0 Å². The molecule has 0 saturated carbocycles. The fourth-order valence-electron chi connectivity index (χ4n) is 9.75. The van der Waals surface area contributed by atoms with Crippen molar-refractivity contribution in [2.24, 2.45) is 0 Å². The molecule has 0 radical (unpaired) electrons. The maximum atomic E-state index is 6.15. The van der Waals surface area contributed by atoms with Gasteiger partial charge in [0.2, 0.25) is 0 Å². The van der Waals surface area contributed by atoms with Gasteiger partial charge in [0.25, 0.3) is 0 Å². The molecule has 0 saturated heterocycles. The molecule has 2 heteroatoms. The van der Waals surface area contributed by atoms with Gasteiger partial charge in [-0.25, -0.2) is 0 Å². The summed E-state index contributed by atoms with van der Waals surface area (Å²) in [6.07, 6.45) is 0. The number of fused-ring (bicyclic) bond motifs is 4. The Balaban J connectivity index is 0.873. The first-order chi connectivity index (χ1) is 33.1. The summed E-state index contributed by atoms with van der Waals surface area (Å²) in [5.74, 6) is 0. The van der Waals surface area contributed by atoms with Crippen LogP contribution in [0.2, 0.25) is 0 Å². The predicted molar refractivity (Wildman–Crippen MR) is 283 cm³/mol. The third-order valence-corrected chi connectivity index (χ3v) is 13.2. The molecule has 11 aromatic carbocycles. The van der Waals surface area contributed by atoms with Gasteiger partial charge < -0.3 is 9.32 Å². The Hall–Kier alpha value is -8.72. The van der Waals surface area contributed by atoms with E-state index in [1.807, 2.05) is 12.1 Å². The van der Waals surface area contributed by atoms with Crippen LogP contribution in [0.15, 0.2) is 259 Å². The average molecular weight is 856 g/mol. The summed E-state index contributed by atoms with van der Waals surface area (Å²) in [6, 6.07) is 92.0. The molecule has 0 fully saturated rings. The number of para-hydroxylation sites is 1. The quantitative estimate of drug-likeness (QED) is 0.144. The molecule has 0 bridgehead atoms. The van der Waals surface area contributed by atoms with Gasteiger partial charge in [0.1, 0.15) is 11.2 Å². The van der Waals surface area contributed by atoms with Crippen LogP contribution in [0.5, 0.6) is 0 Å². The second-order valence-electron chi connectivity index (χ2n) is 17.4. The standard InChI is InChI=1S/C65H45NO/c1-44-40-53(51-16-11-17-52(42-51)54-23-22-45-12-5-6-15-50(45)41-54)30-38-59(44)48-26-34-57(35-27-48)66(58-36-28-49(29-37-58)61-19-8-7-18-60(61)47-13-3-2-4-14-47)56-32-24-46(25-33-56)55-31-39-65-63(43-55)62-20-9-10-21-64(62)67-65/h2-43H,1H3. The van der Waals surface area contributed by atoms with Crippen molar-refractivity contribution in [3.8, 4) is 66.8 Å². The minimum absolute atomic E-state index is 0.903. The molecule has 2 nitrogen and oxygen atoms in total. The van der Waals surface area contributed by atoms with E-state index in [0.717, 1.165) is 50.1 Å².